The molecule has 0 bridgehead atoms. The lowest BCUT2D eigenvalue weighted by atomic mass is 10.1. The molecule has 10 heteroatoms. The first-order chi connectivity index (χ1) is 12.5. The van der Waals surface area contributed by atoms with Crippen molar-refractivity contribution >= 4 is 17.3 Å². The van der Waals surface area contributed by atoms with Gasteiger partial charge in [-0.25, -0.2) is 0 Å². The van der Waals surface area contributed by atoms with E-state index in [-0.39, 0.29) is 5.69 Å². The smallest absolute Gasteiger partial charge is 0.406 e. The summed E-state index contributed by atoms with van der Waals surface area (Å²) in [6, 6.07) is 8.12. The van der Waals surface area contributed by atoms with Crippen LogP contribution in [-0.2, 0) is 11.0 Å². The van der Waals surface area contributed by atoms with Crippen LogP contribution in [0.1, 0.15) is 12.5 Å². The molecule has 0 aliphatic rings. The van der Waals surface area contributed by atoms with E-state index in [1.54, 1.807) is 0 Å². The van der Waals surface area contributed by atoms with Crippen LogP contribution in [-0.4, -0.2) is 18.3 Å². The molecule has 2 rings (SSSR count). The number of hydrogen-bond acceptors (Lipinski definition) is 3. The summed E-state index contributed by atoms with van der Waals surface area (Å²) >= 11 is 0. The number of carbonyl (C=O) groups is 1. The molecule has 0 aliphatic heterocycles. The Labute approximate surface area is 150 Å². The number of benzene rings is 2. The molecule has 2 aromatic rings. The normalized spacial score (nSPS) is 13.0. The van der Waals surface area contributed by atoms with Gasteiger partial charge < -0.3 is 15.4 Å². The summed E-state index contributed by atoms with van der Waals surface area (Å²) in [6.07, 6.45) is -9.46. The summed E-state index contributed by atoms with van der Waals surface area (Å²) in [5.41, 5.74) is -1.09. The number of hydrogen-bond donors (Lipinski definition) is 2. The van der Waals surface area contributed by atoms with Crippen LogP contribution in [0, 0.1) is 0 Å². The van der Waals surface area contributed by atoms with Crippen LogP contribution >= 0.6 is 0 Å². The van der Waals surface area contributed by atoms with Crippen molar-refractivity contribution in [2.45, 2.75) is 25.5 Å². The summed E-state index contributed by atoms with van der Waals surface area (Å²) in [6.45, 7) is 1.39. The summed E-state index contributed by atoms with van der Waals surface area (Å²) in [5, 5.41) is 4.86. The minimum absolute atomic E-state index is 0.288. The SMILES string of the molecule is C[C@@H](Nc1ccc(OC(F)(F)F)cc1)C(=O)Nc1ccccc1C(F)(F)F. The van der Waals surface area contributed by atoms with Gasteiger partial charge in [-0.1, -0.05) is 12.1 Å². The molecule has 27 heavy (non-hydrogen) atoms. The standard InChI is InChI=1S/C17H14F6N2O2/c1-10(24-11-6-8-12(9-7-11)27-17(21,22)23)15(26)25-14-5-3-2-4-13(14)16(18,19)20/h2-10,24H,1H3,(H,25,26)/t10-/m1/s1. The van der Waals surface area contributed by atoms with E-state index < -0.39 is 41.5 Å². The monoisotopic (exact) mass is 392 g/mol. The van der Waals surface area contributed by atoms with Gasteiger partial charge in [-0.05, 0) is 43.3 Å². The maximum atomic E-state index is 12.9. The van der Waals surface area contributed by atoms with Gasteiger partial charge in [0.25, 0.3) is 0 Å². The van der Waals surface area contributed by atoms with Crippen LogP contribution in [0.15, 0.2) is 48.5 Å². The van der Waals surface area contributed by atoms with Crippen molar-refractivity contribution in [1.82, 2.24) is 0 Å². The second-order valence-corrected chi connectivity index (χ2v) is 5.47. The summed E-state index contributed by atoms with van der Waals surface area (Å²) in [4.78, 5) is 12.1. The molecular formula is C17H14F6N2O2. The topological polar surface area (TPSA) is 50.4 Å². The fraction of sp³-hybridized carbons (Fsp3) is 0.235. The molecule has 0 spiro atoms. The highest BCUT2D eigenvalue weighted by molar-refractivity contribution is 5.96. The quantitative estimate of drug-likeness (QED) is 0.701. The lowest BCUT2D eigenvalue weighted by Gasteiger charge is -2.18. The van der Waals surface area contributed by atoms with E-state index in [1.165, 1.54) is 31.2 Å². The van der Waals surface area contributed by atoms with Crippen molar-refractivity contribution < 1.29 is 35.9 Å². The van der Waals surface area contributed by atoms with E-state index in [4.69, 9.17) is 0 Å². The van der Waals surface area contributed by atoms with Gasteiger partial charge in [-0.3, -0.25) is 4.79 Å². The van der Waals surface area contributed by atoms with Gasteiger partial charge in [0.05, 0.1) is 11.3 Å². The number of nitrogens with one attached hydrogen (secondary N) is 2. The predicted molar refractivity (Wildman–Crippen MR) is 86.3 cm³/mol. The van der Waals surface area contributed by atoms with E-state index in [0.717, 1.165) is 24.3 Å². The van der Waals surface area contributed by atoms with Crippen molar-refractivity contribution in [2.75, 3.05) is 10.6 Å². The van der Waals surface area contributed by atoms with Crippen LogP contribution in [0.3, 0.4) is 0 Å². The molecule has 0 heterocycles. The fourth-order valence-electron chi connectivity index (χ4n) is 2.15. The molecule has 1 atom stereocenters. The van der Waals surface area contributed by atoms with Gasteiger partial charge in [0.1, 0.15) is 11.8 Å². The van der Waals surface area contributed by atoms with Crippen LogP contribution in [0.25, 0.3) is 0 Å². The number of rotatable bonds is 5. The number of carbonyl (C=O) groups excluding carboxylic acids is 1. The van der Waals surface area contributed by atoms with Crippen LogP contribution < -0.4 is 15.4 Å². The molecule has 0 saturated heterocycles. The zero-order chi connectivity index (χ0) is 20.2. The van der Waals surface area contributed by atoms with Crippen molar-refractivity contribution in [3.63, 3.8) is 0 Å². The largest absolute Gasteiger partial charge is 0.573 e. The maximum absolute atomic E-state index is 12.9. The highest BCUT2D eigenvalue weighted by Gasteiger charge is 2.34. The first-order valence-corrected chi connectivity index (χ1v) is 7.55. The predicted octanol–water partition coefficient (Wildman–Crippen LogP) is 5.04. The summed E-state index contributed by atoms with van der Waals surface area (Å²) in [7, 11) is 0. The highest BCUT2D eigenvalue weighted by Crippen LogP contribution is 2.34. The number of anilines is 2. The second kappa shape index (κ2) is 7.77. The first kappa shape index (κ1) is 20.4. The molecule has 146 valence electrons. The molecule has 1 amide bonds. The Kier molecular flexibility index (Phi) is 5.87. The van der Waals surface area contributed by atoms with Crippen LogP contribution in [0.5, 0.6) is 5.75 Å². The fourth-order valence-corrected chi connectivity index (χ4v) is 2.15. The van der Waals surface area contributed by atoms with E-state index in [2.05, 4.69) is 15.4 Å². The molecular weight excluding hydrogens is 378 g/mol. The third kappa shape index (κ3) is 6.08. The molecule has 4 nitrogen and oxygen atoms in total. The molecule has 0 aliphatic carbocycles. The minimum Gasteiger partial charge on any atom is -0.406 e. The highest BCUT2D eigenvalue weighted by atomic mass is 19.4. The van der Waals surface area contributed by atoms with Gasteiger partial charge in [0.2, 0.25) is 5.91 Å². The summed E-state index contributed by atoms with van der Waals surface area (Å²) < 4.78 is 78.9. The Morgan fingerprint density at radius 3 is 2.11 bits per heavy atom. The number of amides is 1. The Hall–Kier alpha value is -2.91. The molecule has 0 saturated carbocycles. The van der Waals surface area contributed by atoms with Crippen molar-refractivity contribution in [2.24, 2.45) is 0 Å². The van der Waals surface area contributed by atoms with Gasteiger partial charge >= 0.3 is 12.5 Å². The van der Waals surface area contributed by atoms with E-state index >= 15 is 0 Å². The zero-order valence-corrected chi connectivity index (χ0v) is 13.8. The number of halogens is 6. The van der Waals surface area contributed by atoms with E-state index in [9.17, 15) is 31.1 Å². The van der Waals surface area contributed by atoms with Crippen LogP contribution in [0.4, 0.5) is 37.7 Å². The maximum Gasteiger partial charge on any atom is 0.573 e. The van der Waals surface area contributed by atoms with Crippen molar-refractivity contribution in [3.8, 4) is 5.75 Å². The number of para-hydroxylation sites is 1. The molecule has 2 aromatic carbocycles. The van der Waals surface area contributed by atoms with Crippen molar-refractivity contribution in [3.05, 3.63) is 54.1 Å². The Balaban J connectivity index is 2.02. The Morgan fingerprint density at radius 1 is 0.963 bits per heavy atom. The lowest BCUT2D eigenvalue weighted by molar-refractivity contribution is -0.274. The number of alkyl halides is 6. The molecule has 0 radical (unpaired) electrons. The summed E-state index contributed by atoms with van der Waals surface area (Å²) in [5.74, 6) is -1.19. The Morgan fingerprint density at radius 2 is 1.56 bits per heavy atom. The van der Waals surface area contributed by atoms with Crippen molar-refractivity contribution in [1.29, 1.82) is 0 Å². The molecule has 0 fully saturated rings. The minimum atomic E-state index is -4.83. The number of ether oxygens (including phenoxy) is 1. The molecule has 0 aromatic heterocycles. The van der Waals surface area contributed by atoms with Gasteiger partial charge in [0.15, 0.2) is 0 Å². The van der Waals surface area contributed by atoms with Gasteiger partial charge in [-0.2, -0.15) is 13.2 Å². The first-order valence-electron chi connectivity index (χ1n) is 7.55. The van der Waals surface area contributed by atoms with Gasteiger partial charge in [-0.15, -0.1) is 13.2 Å². The Bertz CT molecular complexity index is 787. The molecule has 2 N–H and O–H groups in total. The molecule has 0 unspecified atom stereocenters. The van der Waals surface area contributed by atoms with Crippen LogP contribution in [0.2, 0.25) is 0 Å². The van der Waals surface area contributed by atoms with E-state index in [1.807, 2.05) is 0 Å². The average molecular weight is 392 g/mol. The lowest BCUT2D eigenvalue weighted by Crippen LogP contribution is -2.32. The second-order valence-electron chi connectivity index (χ2n) is 5.47. The zero-order valence-electron chi connectivity index (χ0n) is 13.8. The van der Waals surface area contributed by atoms with E-state index in [0.29, 0.717) is 0 Å². The third-order valence-corrected chi connectivity index (χ3v) is 3.35. The van der Waals surface area contributed by atoms with Gasteiger partial charge in [0, 0.05) is 5.69 Å². The average Bonchev–Trinajstić information content (AvgIpc) is 2.54. The third-order valence-electron chi connectivity index (χ3n) is 3.35.